The summed E-state index contributed by atoms with van der Waals surface area (Å²) in [6.07, 6.45) is 4.06. The maximum absolute atomic E-state index is 14.1. The van der Waals surface area contributed by atoms with Gasteiger partial charge in [-0.3, -0.25) is 19.2 Å². The number of aromatic nitrogens is 1. The van der Waals surface area contributed by atoms with Crippen molar-refractivity contribution in [3.63, 3.8) is 0 Å². The number of aliphatic hydroxyl groups is 1. The molecule has 0 radical (unpaired) electrons. The molecule has 8 rings (SSSR count). The first-order chi connectivity index (χ1) is 36.0. The molecule has 1 aliphatic heterocycles. The molecule has 0 saturated carbocycles. The molecule has 5 aromatic carbocycles. The summed E-state index contributed by atoms with van der Waals surface area (Å²) in [5.41, 5.74) is 8.63. The highest BCUT2D eigenvalue weighted by molar-refractivity contribution is 7.22. The number of nitrogens with one attached hydrogen (secondary N) is 3. The van der Waals surface area contributed by atoms with Gasteiger partial charge in [0.2, 0.25) is 17.7 Å². The van der Waals surface area contributed by atoms with Crippen molar-refractivity contribution >= 4 is 62.6 Å². The van der Waals surface area contributed by atoms with Crippen molar-refractivity contribution < 1.29 is 44.0 Å². The van der Waals surface area contributed by atoms with Gasteiger partial charge in [-0.25, -0.2) is 10.4 Å². The second-order valence-corrected chi connectivity index (χ2v) is 21.7. The van der Waals surface area contributed by atoms with Crippen molar-refractivity contribution in [2.24, 2.45) is 10.5 Å². The van der Waals surface area contributed by atoms with E-state index in [9.17, 15) is 34.5 Å². The van der Waals surface area contributed by atoms with Crippen LogP contribution in [0.1, 0.15) is 99.4 Å². The number of ether oxygens (including phenoxy) is 2. The van der Waals surface area contributed by atoms with Gasteiger partial charge < -0.3 is 40.3 Å². The minimum absolute atomic E-state index is 0.00320. The second-order valence-electron chi connectivity index (χ2n) is 19.8. The number of phenols is 2. The summed E-state index contributed by atoms with van der Waals surface area (Å²) >= 11 is 3.04. The maximum atomic E-state index is 14.1. The number of likely N-dealkylation sites (tertiary alicyclic amines) is 1. The van der Waals surface area contributed by atoms with E-state index in [1.165, 1.54) is 16.2 Å². The molecule has 4 amide bonds. The Kier molecular flexibility index (Phi) is 17.3. The van der Waals surface area contributed by atoms with E-state index in [2.05, 4.69) is 26.1 Å². The standard InChI is InChI=1S/C58H62N6O9S2/c1-35(38-13-15-39(16-14-38)52-36(2)59-34-74-52)61-56(70)48-30-44(67)33-64(48)57(71)54(58(3,4)5)62-50(68)10-8-6-7-9-29-72-45-24-11-37(12-25-45)32-60-63-55(69)41-19-26-46(27-20-41)73-51-47-28-23-43(66)31-49(47)75-53(51)40-17-21-42(65)22-18-40/h11-28,31-32,34-35,44,48,54,65-67H,6-10,29-30,33H2,1-5H3,(H,61,70)(H,62,68)(H,63,69)/b60-32+/t35-,44+,48-,54+/m0/s1. The van der Waals surface area contributed by atoms with Gasteiger partial charge in [-0.1, -0.05) is 57.9 Å². The molecule has 0 aliphatic carbocycles. The summed E-state index contributed by atoms with van der Waals surface area (Å²) in [5.74, 6) is 0.708. The van der Waals surface area contributed by atoms with E-state index in [4.69, 9.17) is 9.47 Å². The van der Waals surface area contributed by atoms with Crippen LogP contribution in [0.25, 0.3) is 31.0 Å². The van der Waals surface area contributed by atoms with E-state index < -0.39 is 35.4 Å². The highest BCUT2D eigenvalue weighted by Crippen LogP contribution is 2.47. The summed E-state index contributed by atoms with van der Waals surface area (Å²) in [5, 5.41) is 41.5. The van der Waals surface area contributed by atoms with Crippen LogP contribution in [0.15, 0.2) is 126 Å². The number of β-amino-alcohol motifs (C(OH)–C–C–N with tert-alkyl or cyclic N) is 1. The van der Waals surface area contributed by atoms with E-state index in [1.54, 1.807) is 84.3 Å². The van der Waals surface area contributed by atoms with Crippen LogP contribution in [-0.2, 0) is 14.4 Å². The number of aryl methyl sites for hydroxylation is 1. The van der Waals surface area contributed by atoms with Gasteiger partial charge >= 0.3 is 0 Å². The SMILES string of the molecule is Cc1ncsc1-c1ccc([C@H](C)NC(=O)[C@@H]2C[C@@H](O)CN2C(=O)[C@@H](NC(=O)CCCCCCOc2ccc(/C=N/NC(=O)c3ccc(Oc4c(-c5ccc(O)cc5)sc5cc(O)ccc45)cc3)cc2)C(C)(C)C)cc1. The molecule has 0 bridgehead atoms. The Bertz CT molecular complexity index is 3130. The first kappa shape index (κ1) is 53.7. The number of carbonyl (C=O) groups excluding carboxylic acids is 4. The molecule has 390 valence electrons. The van der Waals surface area contributed by atoms with Crippen LogP contribution in [0, 0.1) is 12.3 Å². The van der Waals surface area contributed by atoms with Crippen LogP contribution in [0.3, 0.4) is 0 Å². The lowest BCUT2D eigenvalue weighted by Gasteiger charge is -2.35. The van der Waals surface area contributed by atoms with Gasteiger partial charge in [-0.2, -0.15) is 5.10 Å². The fraction of sp³-hybridized carbons (Fsp3) is 0.310. The summed E-state index contributed by atoms with van der Waals surface area (Å²) in [4.78, 5) is 61.6. The van der Waals surface area contributed by atoms with Crippen molar-refractivity contribution in [2.75, 3.05) is 13.2 Å². The molecule has 75 heavy (non-hydrogen) atoms. The molecule has 2 aromatic heterocycles. The zero-order valence-corrected chi connectivity index (χ0v) is 44.2. The third kappa shape index (κ3) is 13.8. The summed E-state index contributed by atoms with van der Waals surface area (Å²) < 4.78 is 13.1. The largest absolute Gasteiger partial charge is 0.508 e. The third-order valence-electron chi connectivity index (χ3n) is 13.0. The van der Waals surface area contributed by atoms with E-state index in [-0.39, 0.29) is 48.7 Å². The monoisotopic (exact) mass is 1050 g/mol. The zero-order valence-electron chi connectivity index (χ0n) is 42.5. The Hall–Kier alpha value is -7.60. The number of hydrogen-bond acceptors (Lipinski definition) is 13. The lowest BCUT2D eigenvalue weighted by atomic mass is 9.85. The molecule has 6 N–H and O–H groups in total. The molecular weight excluding hydrogens is 989 g/mol. The summed E-state index contributed by atoms with van der Waals surface area (Å²) in [6, 6.07) is 31.8. The first-order valence-electron chi connectivity index (χ1n) is 25.0. The summed E-state index contributed by atoms with van der Waals surface area (Å²) in [7, 11) is 0. The topological polar surface area (TPSA) is 212 Å². The van der Waals surface area contributed by atoms with Crippen LogP contribution < -0.4 is 25.5 Å². The Morgan fingerprint density at radius 2 is 1.49 bits per heavy atom. The molecule has 1 aliphatic rings. The van der Waals surface area contributed by atoms with E-state index in [0.29, 0.717) is 35.8 Å². The molecule has 1 fully saturated rings. The average Bonchev–Trinajstić information content (AvgIpc) is 4.12. The Morgan fingerprint density at radius 3 is 2.19 bits per heavy atom. The molecule has 7 aromatic rings. The number of unbranched alkanes of at least 4 members (excludes halogenated alkanes) is 3. The highest BCUT2D eigenvalue weighted by atomic mass is 32.1. The van der Waals surface area contributed by atoms with Gasteiger partial charge in [0.25, 0.3) is 5.91 Å². The number of aromatic hydroxyl groups is 2. The number of thiazole rings is 1. The number of hydrazone groups is 1. The van der Waals surface area contributed by atoms with Crippen LogP contribution in [0.2, 0.25) is 0 Å². The lowest BCUT2D eigenvalue weighted by Crippen LogP contribution is -2.57. The molecule has 1 saturated heterocycles. The van der Waals surface area contributed by atoms with Gasteiger partial charge in [0.1, 0.15) is 35.1 Å². The van der Waals surface area contributed by atoms with Gasteiger partial charge in [0.15, 0.2) is 5.75 Å². The molecule has 0 spiro atoms. The predicted octanol–water partition coefficient (Wildman–Crippen LogP) is 10.7. The second kappa shape index (κ2) is 24.2. The number of hydrogen-bond donors (Lipinski definition) is 6. The number of thiophene rings is 1. The quantitative estimate of drug-likeness (QED) is 0.0241. The Morgan fingerprint density at radius 1 is 0.827 bits per heavy atom. The minimum Gasteiger partial charge on any atom is -0.508 e. The van der Waals surface area contributed by atoms with Crippen molar-refractivity contribution in [1.82, 2.24) is 25.9 Å². The molecule has 3 heterocycles. The molecule has 15 nitrogen and oxygen atoms in total. The smallest absolute Gasteiger partial charge is 0.271 e. The number of carbonyl (C=O) groups is 4. The fourth-order valence-electron chi connectivity index (χ4n) is 8.82. The number of phenolic OH excluding ortho intramolecular Hbond substituents is 2. The normalized spacial score (nSPS) is 15.4. The van der Waals surface area contributed by atoms with Gasteiger partial charge in [-0.05, 0) is 145 Å². The Labute approximate surface area is 444 Å². The molecule has 17 heteroatoms. The van der Waals surface area contributed by atoms with Crippen LogP contribution in [0.5, 0.6) is 28.7 Å². The number of rotatable bonds is 20. The summed E-state index contributed by atoms with van der Waals surface area (Å²) in [6.45, 7) is 9.97. The minimum atomic E-state index is -0.895. The number of benzene rings is 5. The lowest BCUT2D eigenvalue weighted by molar-refractivity contribution is -0.144. The fourth-order valence-corrected chi connectivity index (χ4v) is 10.8. The number of fused-ring (bicyclic) bond motifs is 1. The predicted molar refractivity (Wildman–Crippen MR) is 294 cm³/mol. The Balaban J connectivity index is 0.733. The number of nitrogens with zero attached hydrogens (tertiary/aromatic N) is 3. The van der Waals surface area contributed by atoms with Crippen LogP contribution >= 0.6 is 22.7 Å². The van der Waals surface area contributed by atoms with Gasteiger partial charge in [0, 0.05) is 35.0 Å². The van der Waals surface area contributed by atoms with Crippen molar-refractivity contribution in [3.05, 3.63) is 143 Å². The van der Waals surface area contributed by atoms with Crippen LogP contribution in [0.4, 0.5) is 0 Å². The van der Waals surface area contributed by atoms with Crippen LogP contribution in [-0.4, -0.2) is 86.4 Å². The van der Waals surface area contributed by atoms with Crippen molar-refractivity contribution in [3.8, 4) is 49.6 Å². The highest BCUT2D eigenvalue weighted by Gasteiger charge is 2.44. The first-order valence-corrected chi connectivity index (χ1v) is 26.7. The number of amides is 4. The van der Waals surface area contributed by atoms with Crippen molar-refractivity contribution in [2.45, 2.75) is 97.4 Å². The van der Waals surface area contributed by atoms with E-state index >= 15 is 0 Å². The van der Waals surface area contributed by atoms with Crippen molar-refractivity contribution in [1.29, 1.82) is 0 Å². The van der Waals surface area contributed by atoms with Gasteiger partial charge in [-0.15, -0.1) is 22.7 Å². The molecule has 0 unspecified atom stereocenters. The molecule has 4 atom stereocenters. The molecular formula is C58H62N6O9S2. The number of aliphatic hydroxyl groups excluding tert-OH is 1. The van der Waals surface area contributed by atoms with E-state index in [1.807, 2.05) is 88.7 Å². The van der Waals surface area contributed by atoms with Gasteiger partial charge in [0.05, 0.1) is 45.9 Å². The third-order valence-corrected chi connectivity index (χ3v) is 15.1. The maximum Gasteiger partial charge on any atom is 0.271 e. The zero-order chi connectivity index (χ0) is 53.2. The average molecular weight is 1050 g/mol. The van der Waals surface area contributed by atoms with E-state index in [0.717, 1.165) is 67.1 Å².